The van der Waals surface area contributed by atoms with Gasteiger partial charge >= 0.3 is 0 Å². The minimum atomic E-state index is -0.817. The van der Waals surface area contributed by atoms with Gasteiger partial charge in [-0.05, 0) is 52.3 Å². The molecule has 1 N–H and O–H groups in total. The van der Waals surface area contributed by atoms with Crippen LogP contribution >= 0.6 is 11.3 Å². The Morgan fingerprint density at radius 2 is 1.53 bits per heavy atom. The maximum atomic E-state index is 13.8. The van der Waals surface area contributed by atoms with E-state index in [9.17, 15) is 9.59 Å². The van der Waals surface area contributed by atoms with Crippen LogP contribution in [0.1, 0.15) is 52.7 Å². The van der Waals surface area contributed by atoms with Gasteiger partial charge in [0.05, 0.1) is 10.7 Å². The fourth-order valence-electron chi connectivity index (χ4n) is 3.30. The fourth-order valence-corrected chi connectivity index (χ4v) is 4.16. The Morgan fingerprint density at radius 3 is 2.03 bits per heavy atom. The van der Waals surface area contributed by atoms with Crippen LogP contribution in [0.15, 0.2) is 60.7 Å². The number of carbonyl (C=O) groups is 2. The minimum Gasteiger partial charge on any atom is -0.349 e. The van der Waals surface area contributed by atoms with Crippen molar-refractivity contribution in [3.05, 3.63) is 81.8 Å². The minimum absolute atomic E-state index is 0.232. The lowest BCUT2D eigenvalue weighted by Crippen LogP contribution is -2.49. The van der Waals surface area contributed by atoms with Crippen molar-refractivity contribution in [2.75, 3.05) is 4.90 Å². The number of hydrogen-bond acceptors (Lipinski definition) is 4. The second-order valence-corrected chi connectivity index (χ2v) is 9.41. The Morgan fingerprint density at radius 1 is 0.967 bits per heavy atom. The molecule has 30 heavy (non-hydrogen) atoms. The first kappa shape index (κ1) is 21.7. The van der Waals surface area contributed by atoms with E-state index in [2.05, 4.69) is 10.3 Å². The molecule has 2 aromatic carbocycles. The van der Waals surface area contributed by atoms with Crippen molar-refractivity contribution >= 4 is 28.8 Å². The second kappa shape index (κ2) is 8.79. The quantitative estimate of drug-likeness (QED) is 0.626. The average Bonchev–Trinajstić information content (AvgIpc) is 3.03. The van der Waals surface area contributed by atoms with Crippen molar-refractivity contribution in [3.8, 4) is 0 Å². The molecule has 0 saturated carbocycles. The summed E-state index contributed by atoms with van der Waals surface area (Å²) in [5.74, 6) is -0.466. The normalized spacial score (nSPS) is 12.3. The molecule has 0 spiro atoms. The number of thiazole rings is 1. The predicted octanol–water partition coefficient (Wildman–Crippen LogP) is 5.06. The van der Waals surface area contributed by atoms with Gasteiger partial charge in [-0.2, -0.15) is 0 Å². The summed E-state index contributed by atoms with van der Waals surface area (Å²) in [6, 6.07) is 17.9. The van der Waals surface area contributed by atoms with Crippen molar-refractivity contribution < 1.29 is 9.59 Å². The third-order valence-electron chi connectivity index (χ3n) is 4.47. The summed E-state index contributed by atoms with van der Waals surface area (Å²) in [5.41, 5.74) is 1.64. The van der Waals surface area contributed by atoms with E-state index < -0.39 is 11.6 Å². The first-order valence-electron chi connectivity index (χ1n) is 9.87. The average molecular weight is 422 g/mol. The number of aryl methyl sites for hydroxylation is 2. The summed E-state index contributed by atoms with van der Waals surface area (Å²) in [4.78, 5) is 33.8. The summed E-state index contributed by atoms with van der Waals surface area (Å²) in [5, 5.41) is 3.87. The van der Waals surface area contributed by atoms with Gasteiger partial charge in [0.15, 0.2) is 0 Å². The van der Waals surface area contributed by atoms with Gasteiger partial charge in [0.1, 0.15) is 10.9 Å². The number of carbonyl (C=O) groups excluding carboxylic acids is 2. The van der Waals surface area contributed by atoms with E-state index in [1.807, 2.05) is 95.3 Å². The molecule has 5 nitrogen and oxygen atoms in total. The molecular formula is C24H27N3O2S. The molecule has 1 aromatic heterocycles. The van der Waals surface area contributed by atoms with Crippen LogP contribution in [0.4, 0.5) is 5.69 Å². The molecule has 0 aliphatic rings. The highest BCUT2D eigenvalue weighted by Gasteiger charge is 2.36. The second-order valence-electron chi connectivity index (χ2n) is 8.21. The molecular weight excluding hydrogens is 394 g/mol. The van der Waals surface area contributed by atoms with Gasteiger partial charge in [-0.15, -0.1) is 11.3 Å². The van der Waals surface area contributed by atoms with E-state index in [4.69, 9.17) is 0 Å². The van der Waals surface area contributed by atoms with Crippen molar-refractivity contribution in [2.45, 2.75) is 46.2 Å². The molecule has 0 fully saturated rings. The molecule has 1 heterocycles. The molecule has 0 bridgehead atoms. The number of rotatable bonds is 5. The van der Waals surface area contributed by atoms with Crippen molar-refractivity contribution in [1.29, 1.82) is 0 Å². The van der Waals surface area contributed by atoms with Gasteiger partial charge in [0, 0.05) is 11.2 Å². The Bertz CT molecular complexity index is 1020. The SMILES string of the molecule is Cc1nc(C)c(C(=O)N(c2ccccc2)[C@@H](C(=O)NC(C)(C)C)c2ccccc2)s1. The number of hydrogen-bond donors (Lipinski definition) is 1. The first-order valence-corrected chi connectivity index (χ1v) is 10.7. The number of anilines is 1. The first-order chi connectivity index (χ1) is 14.2. The van der Waals surface area contributed by atoms with Crippen LogP contribution in [-0.4, -0.2) is 22.3 Å². The van der Waals surface area contributed by atoms with Gasteiger partial charge in [-0.1, -0.05) is 48.5 Å². The van der Waals surface area contributed by atoms with Crippen LogP contribution in [0, 0.1) is 13.8 Å². The predicted molar refractivity (Wildman–Crippen MR) is 122 cm³/mol. The Labute approximate surface area is 181 Å². The number of para-hydroxylation sites is 1. The Hall–Kier alpha value is -2.99. The topological polar surface area (TPSA) is 62.3 Å². The van der Waals surface area contributed by atoms with Crippen LogP contribution < -0.4 is 10.2 Å². The maximum absolute atomic E-state index is 13.8. The van der Waals surface area contributed by atoms with E-state index in [-0.39, 0.29) is 11.8 Å². The van der Waals surface area contributed by atoms with Gasteiger partial charge in [-0.3, -0.25) is 14.5 Å². The summed E-state index contributed by atoms with van der Waals surface area (Å²) < 4.78 is 0. The van der Waals surface area contributed by atoms with Crippen molar-refractivity contribution in [3.63, 3.8) is 0 Å². The number of nitrogens with one attached hydrogen (secondary N) is 1. The molecule has 0 unspecified atom stereocenters. The monoisotopic (exact) mass is 421 g/mol. The van der Waals surface area contributed by atoms with E-state index in [0.717, 1.165) is 10.6 Å². The standard InChI is InChI=1S/C24H27N3O2S/c1-16-21(30-17(2)25-16)23(29)27(19-14-10-7-11-15-19)20(18-12-8-6-9-13-18)22(28)26-24(3,4)5/h6-15,20H,1-5H3,(H,26,28)/t20-/m1/s1. The number of nitrogens with zero attached hydrogens (tertiary/aromatic N) is 2. The molecule has 3 aromatic rings. The van der Waals surface area contributed by atoms with Crippen molar-refractivity contribution in [2.24, 2.45) is 0 Å². The lowest BCUT2D eigenvalue weighted by molar-refractivity contribution is -0.123. The van der Waals surface area contributed by atoms with E-state index >= 15 is 0 Å². The van der Waals surface area contributed by atoms with Crippen molar-refractivity contribution in [1.82, 2.24) is 10.3 Å². The zero-order valence-electron chi connectivity index (χ0n) is 18.0. The van der Waals surface area contributed by atoms with Gasteiger partial charge in [0.25, 0.3) is 5.91 Å². The molecule has 3 rings (SSSR count). The molecule has 0 saturated heterocycles. The molecule has 0 aliphatic carbocycles. The zero-order chi connectivity index (χ0) is 21.9. The maximum Gasteiger partial charge on any atom is 0.271 e. The molecule has 0 radical (unpaired) electrons. The lowest BCUT2D eigenvalue weighted by atomic mass is 10.0. The van der Waals surface area contributed by atoms with Gasteiger partial charge in [-0.25, -0.2) is 4.98 Å². The zero-order valence-corrected chi connectivity index (χ0v) is 18.8. The lowest BCUT2D eigenvalue weighted by Gasteiger charge is -2.33. The largest absolute Gasteiger partial charge is 0.349 e. The summed E-state index contributed by atoms with van der Waals surface area (Å²) in [6.45, 7) is 9.49. The highest BCUT2D eigenvalue weighted by molar-refractivity contribution is 7.13. The van der Waals surface area contributed by atoms with Crippen LogP contribution in [0.5, 0.6) is 0 Å². The van der Waals surface area contributed by atoms with Crippen LogP contribution in [0.25, 0.3) is 0 Å². The van der Waals surface area contributed by atoms with Gasteiger partial charge < -0.3 is 5.32 Å². The molecule has 6 heteroatoms. The number of aromatic nitrogens is 1. The van der Waals surface area contributed by atoms with E-state index in [0.29, 0.717) is 16.3 Å². The summed E-state index contributed by atoms with van der Waals surface area (Å²) in [7, 11) is 0. The number of amides is 2. The fraction of sp³-hybridized carbons (Fsp3) is 0.292. The van der Waals surface area contributed by atoms with E-state index in [1.165, 1.54) is 11.3 Å². The molecule has 156 valence electrons. The van der Waals surface area contributed by atoms with E-state index in [1.54, 1.807) is 4.90 Å². The smallest absolute Gasteiger partial charge is 0.271 e. The third-order valence-corrected chi connectivity index (χ3v) is 5.53. The molecule has 2 amide bonds. The molecule has 0 aliphatic heterocycles. The number of benzene rings is 2. The van der Waals surface area contributed by atoms with Crippen LogP contribution in [0.2, 0.25) is 0 Å². The highest BCUT2D eigenvalue weighted by atomic mass is 32.1. The summed E-state index contributed by atoms with van der Waals surface area (Å²) >= 11 is 1.35. The van der Waals surface area contributed by atoms with Gasteiger partial charge in [0.2, 0.25) is 5.91 Å². The summed E-state index contributed by atoms with van der Waals surface area (Å²) in [6.07, 6.45) is 0. The third kappa shape index (κ3) is 4.94. The Balaban J connectivity index is 2.17. The van der Waals surface area contributed by atoms with Crippen LogP contribution in [-0.2, 0) is 4.79 Å². The highest BCUT2D eigenvalue weighted by Crippen LogP contribution is 2.32. The van der Waals surface area contributed by atoms with Crippen LogP contribution in [0.3, 0.4) is 0 Å². The Kier molecular flexibility index (Phi) is 6.37. The molecule has 1 atom stereocenters.